The lowest BCUT2D eigenvalue weighted by atomic mass is 9.68. The number of amides is 3. The van der Waals surface area contributed by atoms with E-state index in [2.05, 4.69) is 22.0 Å². The molecule has 54 heavy (non-hydrogen) atoms. The van der Waals surface area contributed by atoms with Crippen LogP contribution in [0.4, 0.5) is 0 Å². The van der Waals surface area contributed by atoms with Crippen molar-refractivity contribution in [3.8, 4) is 0 Å². The summed E-state index contributed by atoms with van der Waals surface area (Å²) in [6, 6.07) is -0.501. The summed E-state index contributed by atoms with van der Waals surface area (Å²) in [5.41, 5.74) is 3.68. The van der Waals surface area contributed by atoms with Gasteiger partial charge in [0.25, 0.3) is 0 Å². The van der Waals surface area contributed by atoms with Crippen LogP contribution in [0.5, 0.6) is 0 Å². The zero-order valence-corrected chi connectivity index (χ0v) is 33.5. The maximum absolute atomic E-state index is 13.2. The number of fused-ring (bicyclic) bond motifs is 1. The monoisotopic (exact) mass is 753 g/mol. The molecule has 4 atom stereocenters. The molecule has 3 heterocycles. The van der Waals surface area contributed by atoms with Crippen LogP contribution in [0.2, 0.25) is 0 Å². The molecule has 0 aromatic carbocycles. The molecule has 10 nitrogen and oxygen atoms in total. The number of carbonyl (C=O) groups excluding carboxylic acids is 3. The maximum atomic E-state index is 13.2. The number of carbonyl (C=O) groups is 3. The first-order valence-corrected chi connectivity index (χ1v) is 22.6. The number of hydrogen-bond acceptors (Lipinski definition) is 8. The van der Waals surface area contributed by atoms with Gasteiger partial charge in [0.15, 0.2) is 0 Å². The first-order valence-electron chi connectivity index (χ1n) is 22.6. The van der Waals surface area contributed by atoms with Gasteiger partial charge in [-0.1, -0.05) is 37.3 Å². The predicted octanol–water partition coefficient (Wildman–Crippen LogP) is 5.86. The van der Waals surface area contributed by atoms with Gasteiger partial charge in [-0.05, 0) is 139 Å². The van der Waals surface area contributed by atoms with E-state index in [0.29, 0.717) is 31.4 Å². The van der Waals surface area contributed by atoms with E-state index in [-0.39, 0.29) is 41.8 Å². The van der Waals surface area contributed by atoms with Crippen LogP contribution in [0.1, 0.15) is 135 Å². The van der Waals surface area contributed by atoms with E-state index in [9.17, 15) is 19.5 Å². The second-order valence-corrected chi connectivity index (χ2v) is 18.2. The minimum absolute atomic E-state index is 0.0105. The summed E-state index contributed by atoms with van der Waals surface area (Å²) in [6.07, 6.45) is 22.5. The van der Waals surface area contributed by atoms with Gasteiger partial charge in [-0.25, -0.2) is 0 Å². The van der Waals surface area contributed by atoms with Gasteiger partial charge in [-0.2, -0.15) is 0 Å². The average Bonchev–Trinajstić information content (AvgIpc) is 3.34. The van der Waals surface area contributed by atoms with Crippen molar-refractivity contribution in [1.82, 2.24) is 20.0 Å². The van der Waals surface area contributed by atoms with Crippen molar-refractivity contribution >= 4 is 17.7 Å². The fraction of sp³-hybridized carbons (Fsp3) is 0.886. The molecule has 3 saturated heterocycles. The van der Waals surface area contributed by atoms with E-state index < -0.39 is 6.04 Å². The molecule has 0 aromatic rings. The average molecular weight is 753 g/mol. The minimum atomic E-state index is -0.501. The van der Waals surface area contributed by atoms with Gasteiger partial charge in [-0.3, -0.25) is 29.5 Å². The van der Waals surface area contributed by atoms with Gasteiger partial charge in [0.05, 0.1) is 31.5 Å². The Kier molecular flexibility index (Phi) is 14.6. The number of hydrogen-bond donors (Lipinski definition) is 2. The predicted molar refractivity (Wildman–Crippen MR) is 210 cm³/mol. The highest BCUT2D eigenvalue weighted by Gasteiger charge is 2.48. The third-order valence-electron chi connectivity index (χ3n) is 14.9. The summed E-state index contributed by atoms with van der Waals surface area (Å²) in [4.78, 5) is 44.1. The van der Waals surface area contributed by atoms with Crippen LogP contribution in [0.25, 0.3) is 0 Å². The molecule has 3 amide bonds. The van der Waals surface area contributed by atoms with Crippen molar-refractivity contribution in [2.45, 2.75) is 160 Å². The Morgan fingerprint density at radius 2 is 1.33 bits per heavy atom. The number of aliphatic hydroxyl groups is 1. The van der Waals surface area contributed by atoms with Crippen LogP contribution in [-0.4, -0.2) is 121 Å². The topological polar surface area (TPSA) is 112 Å². The van der Waals surface area contributed by atoms with Gasteiger partial charge in [-0.15, -0.1) is 0 Å². The van der Waals surface area contributed by atoms with Crippen LogP contribution >= 0.6 is 0 Å². The third kappa shape index (κ3) is 10.2. The number of allylic oxidation sites excluding steroid dienone is 2. The molecule has 2 N–H and O–H groups in total. The Morgan fingerprint density at radius 1 is 0.704 bits per heavy atom. The highest BCUT2D eigenvalue weighted by atomic mass is 16.5. The summed E-state index contributed by atoms with van der Waals surface area (Å²) in [7, 11) is 0. The molecule has 3 aliphatic heterocycles. The number of imide groups is 1. The lowest BCUT2D eigenvalue weighted by molar-refractivity contribution is -0.145. The van der Waals surface area contributed by atoms with Crippen LogP contribution < -0.4 is 5.32 Å². The standard InChI is InChI=1S/C44H72N4O6/c1-2-38(31-7-4-3-5-8-31)42(32-9-13-35(49)14-10-32)33-11-15-36(16-12-33)53-27-25-46-21-6-22-47(24-23-46)26-28-54-37-17-18-39-34(29-37)30-48(44(39)52)40-19-20-41(50)45-43(40)51/h31-37,39-40,49H,2-30H2,1H3,(H,45,50,51)/b42-38-. The van der Waals surface area contributed by atoms with Crippen molar-refractivity contribution in [3.05, 3.63) is 11.1 Å². The largest absolute Gasteiger partial charge is 0.393 e. The van der Waals surface area contributed by atoms with Gasteiger partial charge in [0.2, 0.25) is 17.7 Å². The first-order chi connectivity index (χ1) is 26.4. The maximum Gasteiger partial charge on any atom is 0.249 e. The highest BCUT2D eigenvalue weighted by molar-refractivity contribution is 6.02. The van der Waals surface area contributed by atoms with Crippen LogP contribution in [0, 0.1) is 29.6 Å². The third-order valence-corrected chi connectivity index (χ3v) is 14.9. The molecule has 4 aliphatic carbocycles. The lowest BCUT2D eigenvalue weighted by Gasteiger charge is -2.39. The molecule has 0 bridgehead atoms. The van der Waals surface area contributed by atoms with Crippen LogP contribution in [0.15, 0.2) is 11.1 Å². The van der Waals surface area contributed by atoms with Crippen molar-refractivity contribution in [2.75, 3.05) is 59.0 Å². The second-order valence-electron chi connectivity index (χ2n) is 18.2. The molecule has 7 aliphatic rings. The summed E-state index contributed by atoms with van der Waals surface area (Å²) in [5, 5.41) is 12.7. The molecule has 304 valence electrons. The quantitative estimate of drug-likeness (QED) is 0.178. The molecule has 4 saturated carbocycles. The molecule has 0 aromatic heterocycles. The Hall–Kier alpha value is -1.85. The van der Waals surface area contributed by atoms with Crippen molar-refractivity contribution in [3.63, 3.8) is 0 Å². The molecular formula is C44H72N4O6. The molecule has 7 fully saturated rings. The van der Waals surface area contributed by atoms with E-state index in [1.807, 2.05) is 11.1 Å². The Labute approximate surface area is 325 Å². The number of rotatable bonds is 13. The first kappa shape index (κ1) is 40.4. The fourth-order valence-corrected chi connectivity index (χ4v) is 11.8. The zero-order valence-electron chi connectivity index (χ0n) is 33.5. The SMILES string of the molecule is CC/C(=C(\C1CCC(O)CC1)C1CCC(OCCN2CCCN(CCOC3CCC4C(=O)N(C5CCC(=O)NC5=O)CC4C3)CC2)CC1)C1CCCCC1. The van der Waals surface area contributed by atoms with Gasteiger partial charge < -0.3 is 19.5 Å². The number of piperidine rings is 1. The van der Waals surface area contributed by atoms with Crippen molar-refractivity contribution in [1.29, 1.82) is 0 Å². The summed E-state index contributed by atoms with van der Waals surface area (Å²) < 4.78 is 13.0. The smallest absolute Gasteiger partial charge is 0.249 e. The molecule has 4 unspecified atom stereocenters. The van der Waals surface area contributed by atoms with Gasteiger partial charge >= 0.3 is 0 Å². The number of ether oxygens (including phenoxy) is 2. The van der Waals surface area contributed by atoms with E-state index in [0.717, 1.165) is 96.4 Å². The number of nitrogens with one attached hydrogen (secondary N) is 1. The van der Waals surface area contributed by atoms with Crippen molar-refractivity contribution < 1.29 is 29.0 Å². The Bertz CT molecular complexity index is 1290. The van der Waals surface area contributed by atoms with Crippen molar-refractivity contribution in [2.24, 2.45) is 29.6 Å². The second kappa shape index (κ2) is 19.5. The lowest BCUT2D eigenvalue weighted by Crippen LogP contribution is -2.53. The number of nitrogens with zero attached hydrogens (tertiary/aromatic N) is 3. The zero-order chi connectivity index (χ0) is 37.4. The molecule has 7 rings (SSSR count). The molecule has 10 heteroatoms. The van der Waals surface area contributed by atoms with Gasteiger partial charge in [0, 0.05) is 45.1 Å². The Balaban J connectivity index is 0.792. The fourth-order valence-electron chi connectivity index (χ4n) is 11.8. The Morgan fingerprint density at radius 3 is 1.98 bits per heavy atom. The normalized spacial score (nSPS) is 35.7. The number of likely N-dealkylation sites (tertiary alicyclic amines) is 1. The molecule has 0 spiro atoms. The summed E-state index contributed by atoms with van der Waals surface area (Å²) >= 11 is 0. The van der Waals surface area contributed by atoms with Gasteiger partial charge in [0.1, 0.15) is 6.04 Å². The minimum Gasteiger partial charge on any atom is -0.393 e. The molecule has 0 radical (unpaired) electrons. The van der Waals surface area contributed by atoms with E-state index in [1.165, 1.54) is 83.5 Å². The summed E-state index contributed by atoms with van der Waals surface area (Å²) in [5.74, 6) is 1.99. The van der Waals surface area contributed by atoms with Crippen LogP contribution in [0.3, 0.4) is 0 Å². The van der Waals surface area contributed by atoms with E-state index in [4.69, 9.17) is 9.47 Å². The summed E-state index contributed by atoms with van der Waals surface area (Å²) in [6.45, 7) is 10.9. The van der Waals surface area contributed by atoms with E-state index >= 15 is 0 Å². The highest BCUT2D eigenvalue weighted by Crippen LogP contribution is 2.46. The van der Waals surface area contributed by atoms with Crippen LogP contribution in [-0.2, 0) is 23.9 Å². The van der Waals surface area contributed by atoms with E-state index in [1.54, 1.807) is 4.90 Å². The number of aliphatic hydroxyl groups excluding tert-OH is 1. The molecular weight excluding hydrogens is 681 g/mol.